The highest BCUT2D eigenvalue weighted by molar-refractivity contribution is 5.71. The molecule has 2 aliphatic carbocycles. The van der Waals surface area contributed by atoms with Gasteiger partial charge in [-0.2, -0.15) is 0 Å². The average molecular weight is 247 g/mol. The first-order valence-electron chi connectivity index (χ1n) is 6.65. The van der Waals surface area contributed by atoms with Crippen LogP contribution in [0.1, 0.15) is 38.5 Å². The topological polar surface area (TPSA) is 52.3 Å². The van der Waals surface area contributed by atoms with Crippen molar-refractivity contribution in [2.45, 2.75) is 44.1 Å². The molecule has 1 fully saturated rings. The van der Waals surface area contributed by atoms with Gasteiger partial charge < -0.3 is 10.5 Å². The number of rotatable bonds is 4. The van der Waals surface area contributed by atoms with Crippen LogP contribution in [-0.4, -0.2) is 18.1 Å². The van der Waals surface area contributed by atoms with Crippen LogP contribution in [0.25, 0.3) is 0 Å². The molecule has 0 spiro atoms. The van der Waals surface area contributed by atoms with Gasteiger partial charge in [0.2, 0.25) is 0 Å². The molecule has 0 radical (unpaired) electrons. The average Bonchev–Trinajstić information content (AvgIpc) is 2.62. The van der Waals surface area contributed by atoms with E-state index < -0.39 is 0 Å². The fourth-order valence-electron chi connectivity index (χ4n) is 2.49. The van der Waals surface area contributed by atoms with Crippen molar-refractivity contribution in [3.05, 3.63) is 36.0 Å². The van der Waals surface area contributed by atoms with Gasteiger partial charge >= 0.3 is 5.97 Å². The Morgan fingerprint density at radius 1 is 1.33 bits per heavy atom. The van der Waals surface area contributed by atoms with Crippen LogP contribution >= 0.6 is 0 Å². The van der Waals surface area contributed by atoms with Crippen molar-refractivity contribution in [1.82, 2.24) is 0 Å². The molecule has 0 atom stereocenters. The van der Waals surface area contributed by atoms with Crippen LogP contribution < -0.4 is 5.73 Å². The second kappa shape index (κ2) is 6.01. The Morgan fingerprint density at radius 2 is 2.11 bits per heavy atom. The molecule has 98 valence electrons. The molecule has 0 unspecified atom stereocenters. The number of hydrogen-bond acceptors (Lipinski definition) is 3. The molecule has 0 aromatic heterocycles. The summed E-state index contributed by atoms with van der Waals surface area (Å²) >= 11 is 0. The number of carbonyl (C=O) groups is 1. The van der Waals surface area contributed by atoms with Gasteiger partial charge in [-0.1, -0.05) is 43.2 Å². The molecule has 18 heavy (non-hydrogen) atoms. The molecule has 0 saturated heterocycles. The van der Waals surface area contributed by atoms with E-state index in [1.54, 1.807) is 0 Å². The zero-order chi connectivity index (χ0) is 12.8. The monoisotopic (exact) mass is 247 g/mol. The van der Waals surface area contributed by atoms with Crippen molar-refractivity contribution in [1.29, 1.82) is 0 Å². The van der Waals surface area contributed by atoms with E-state index in [0.717, 1.165) is 37.7 Å². The minimum Gasteiger partial charge on any atom is -0.461 e. The highest BCUT2D eigenvalue weighted by Crippen LogP contribution is 2.30. The van der Waals surface area contributed by atoms with Crippen molar-refractivity contribution < 1.29 is 9.53 Å². The molecule has 0 aromatic rings. The normalized spacial score (nSPS) is 21.5. The lowest BCUT2D eigenvalue weighted by molar-refractivity contribution is -0.143. The summed E-state index contributed by atoms with van der Waals surface area (Å²) in [4.78, 5) is 11.8. The number of esters is 1. The number of hydrogen-bond donors (Lipinski definition) is 1. The van der Waals surface area contributed by atoms with Gasteiger partial charge in [0.25, 0.3) is 0 Å². The molecule has 2 aliphatic rings. The SMILES string of the molecule is NC1(CC(=O)OCC2=CCC=CC=C2)CCCC1. The maximum atomic E-state index is 11.8. The molecule has 0 bridgehead atoms. The molecular weight excluding hydrogens is 226 g/mol. The largest absolute Gasteiger partial charge is 0.461 e. The molecule has 2 N–H and O–H groups in total. The van der Waals surface area contributed by atoms with Crippen LogP contribution in [0.5, 0.6) is 0 Å². The second-order valence-corrected chi connectivity index (χ2v) is 5.21. The van der Waals surface area contributed by atoms with Crippen LogP contribution in [0.4, 0.5) is 0 Å². The van der Waals surface area contributed by atoms with Gasteiger partial charge in [-0.25, -0.2) is 0 Å². The molecule has 0 aromatic carbocycles. The van der Waals surface area contributed by atoms with E-state index in [0.29, 0.717) is 13.0 Å². The van der Waals surface area contributed by atoms with Crippen LogP contribution in [0, 0.1) is 0 Å². The fraction of sp³-hybridized carbons (Fsp3) is 0.533. The standard InChI is InChI=1S/C15H21NO2/c16-15(9-5-6-10-15)11-14(17)18-12-13-7-3-1-2-4-8-13/h1-3,7-8H,4-6,9-12,16H2. The van der Waals surface area contributed by atoms with E-state index in [9.17, 15) is 4.79 Å². The second-order valence-electron chi connectivity index (χ2n) is 5.21. The number of nitrogens with two attached hydrogens (primary N) is 1. The van der Waals surface area contributed by atoms with E-state index in [1.165, 1.54) is 0 Å². The molecule has 3 nitrogen and oxygen atoms in total. The summed E-state index contributed by atoms with van der Waals surface area (Å²) in [7, 11) is 0. The Hall–Kier alpha value is -1.35. The number of ether oxygens (including phenoxy) is 1. The lowest BCUT2D eigenvalue weighted by Crippen LogP contribution is -2.39. The van der Waals surface area contributed by atoms with Gasteiger partial charge in [0.05, 0.1) is 6.42 Å². The van der Waals surface area contributed by atoms with E-state index in [4.69, 9.17) is 10.5 Å². The summed E-state index contributed by atoms with van der Waals surface area (Å²) in [5.41, 5.74) is 6.89. The summed E-state index contributed by atoms with van der Waals surface area (Å²) in [6.45, 7) is 0.354. The molecule has 2 rings (SSSR count). The van der Waals surface area contributed by atoms with Gasteiger partial charge in [-0.3, -0.25) is 4.79 Å². The third-order valence-electron chi connectivity index (χ3n) is 3.57. The van der Waals surface area contributed by atoms with E-state index in [2.05, 4.69) is 12.2 Å². The fourth-order valence-corrected chi connectivity index (χ4v) is 2.49. The van der Waals surface area contributed by atoms with E-state index >= 15 is 0 Å². The van der Waals surface area contributed by atoms with Crippen LogP contribution in [-0.2, 0) is 9.53 Å². The van der Waals surface area contributed by atoms with Gasteiger partial charge in [0.1, 0.15) is 6.61 Å². The Kier molecular flexibility index (Phi) is 4.37. The third kappa shape index (κ3) is 3.84. The summed E-state index contributed by atoms with van der Waals surface area (Å²) in [6.07, 6.45) is 15.5. The molecular formula is C15H21NO2. The van der Waals surface area contributed by atoms with Gasteiger partial charge in [0, 0.05) is 5.54 Å². The van der Waals surface area contributed by atoms with Crippen LogP contribution in [0.15, 0.2) is 36.0 Å². The quantitative estimate of drug-likeness (QED) is 0.777. The minimum atomic E-state index is -0.313. The van der Waals surface area contributed by atoms with Crippen molar-refractivity contribution in [3.8, 4) is 0 Å². The Labute approximate surface area is 108 Å². The predicted octanol–water partition coefficient (Wildman–Crippen LogP) is 2.63. The van der Waals surface area contributed by atoms with Crippen LogP contribution in [0.3, 0.4) is 0 Å². The first kappa shape index (κ1) is 13.1. The summed E-state index contributed by atoms with van der Waals surface area (Å²) in [6, 6.07) is 0. The predicted molar refractivity (Wildman–Crippen MR) is 71.9 cm³/mol. The van der Waals surface area contributed by atoms with Crippen molar-refractivity contribution in [3.63, 3.8) is 0 Å². The highest BCUT2D eigenvalue weighted by atomic mass is 16.5. The molecule has 0 aliphatic heterocycles. The van der Waals surface area contributed by atoms with Gasteiger partial charge in [-0.15, -0.1) is 0 Å². The molecule has 3 heteroatoms. The summed E-state index contributed by atoms with van der Waals surface area (Å²) in [5.74, 6) is -0.175. The highest BCUT2D eigenvalue weighted by Gasteiger charge is 2.32. The maximum Gasteiger partial charge on any atom is 0.307 e. The minimum absolute atomic E-state index is 0.175. The smallest absolute Gasteiger partial charge is 0.307 e. The molecule has 0 heterocycles. The first-order valence-corrected chi connectivity index (χ1v) is 6.65. The zero-order valence-corrected chi connectivity index (χ0v) is 10.7. The van der Waals surface area contributed by atoms with E-state index in [-0.39, 0.29) is 11.5 Å². The van der Waals surface area contributed by atoms with Gasteiger partial charge in [-0.05, 0) is 24.8 Å². The van der Waals surface area contributed by atoms with Crippen LogP contribution in [0.2, 0.25) is 0 Å². The van der Waals surface area contributed by atoms with Crippen molar-refractivity contribution in [2.75, 3.05) is 6.61 Å². The Balaban J connectivity index is 1.76. The lowest BCUT2D eigenvalue weighted by atomic mass is 9.95. The number of carbonyl (C=O) groups excluding carboxylic acids is 1. The first-order chi connectivity index (χ1) is 8.68. The molecule has 0 amide bonds. The zero-order valence-electron chi connectivity index (χ0n) is 10.7. The van der Waals surface area contributed by atoms with Gasteiger partial charge in [0.15, 0.2) is 0 Å². The van der Waals surface area contributed by atoms with Crippen molar-refractivity contribution in [2.24, 2.45) is 5.73 Å². The molecule has 1 saturated carbocycles. The van der Waals surface area contributed by atoms with E-state index in [1.807, 2.05) is 18.2 Å². The Morgan fingerprint density at radius 3 is 2.89 bits per heavy atom. The summed E-state index contributed by atoms with van der Waals surface area (Å²) < 4.78 is 5.30. The number of allylic oxidation sites excluding steroid dienone is 4. The third-order valence-corrected chi connectivity index (χ3v) is 3.57. The maximum absolute atomic E-state index is 11.8. The Bertz CT molecular complexity index is 387. The lowest BCUT2D eigenvalue weighted by Gasteiger charge is -2.22. The van der Waals surface area contributed by atoms with Crippen molar-refractivity contribution >= 4 is 5.97 Å². The summed E-state index contributed by atoms with van der Waals surface area (Å²) in [5, 5.41) is 0.